The predicted octanol–water partition coefficient (Wildman–Crippen LogP) is 0.192. The molecule has 1 aliphatic heterocycles. The van der Waals surface area contributed by atoms with Crippen molar-refractivity contribution in [3.63, 3.8) is 0 Å². The molecule has 4 heteroatoms. The summed E-state index contributed by atoms with van der Waals surface area (Å²) in [5, 5.41) is 22.6. The van der Waals surface area contributed by atoms with Crippen LogP contribution in [0, 0.1) is 0 Å². The van der Waals surface area contributed by atoms with E-state index in [1.165, 1.54) is 6.07 Å². The molecule has 0 saturated carbocycles. The van der Waals surface area contributed by atoms with E-state index in [0.717, 1.165) is 0 Å². The van der Waals surface area contributed by atoms with E-state index in [0.29, 0.717) is 24.4 Å². The molecule has 0 bridgehead atoms. The van der Waals surface area contributed by atoms with E-state index in [-0.39, 0.29) is 5.75 Å². The largest absolute Gasteiger partial charge is 0.508 e. The number of ether oxygens (including phenoxy) is 1. The highest BCUT2D eigenvalue weighted by Crippen LogP contribution is 2.34. The molecule has 1 saturated heterocycles. The summed E-state index contributed by atoms with van der Waals surface area (Å²) in [6.45, 7) is 0.932. The third-order valence-corrected chi connectivity index (χ3v) is 2.54. The number of methoxy groups -OCH3 is 1. The Morgan fingerprint density at radius 1 is 1.43 bits per heavy atom. The van der Waals surface area contributed by atoms with Gasteiger partial charge in [0, 0.05) is 18.7 Å². The Bertz CT molecular complexity index is 347. The Kier molecular flexibility index (Phi) is 2.09. The molecule has 1 aliphatic rings. The lowest BCUT2D eigenvalue weighted by molar-refractivity contribution is -0.0166. The zero-order chi connectivity index (χ0) is 10.2. The van der Waals surface area contributed by atoms with Gasteiger partial charge in [-0.15, -0.1) is 0 Å². The maximum Gasteiger partial charge on any atom is 0.122 e. The van der Waals surface area contributed by atoms with Gasteiger partial charge in [0.15, 0.2) is 0 Å². The first-order valence-electron chi connectivity index (χ1n) is 4.46. The van der Waals surface area contributed by atoms with Crippen molar-refractivity contribution in [2.24, 2.45) is 0 Å². The second-order valence-electron chi connectivity index (χ2n) is 3.52. The van der Waals surface area contributed by atoms with Gasteiger partial charge in [-0.05, 0) is 18.2 Å². The first kappa shape index (κ1) is 9.30. The number of nitrogens with one attached hydrogen (secondary N) is 1. The summed E-state index contributed by atoms with van der Waals surface area (Å²) in [4.78, 5) is 0. The molecule has 0 unspecified atom stereocenters. The summed E-state index contributed by atoms with van der Waals surface area (Å²) >= 11 is 0. The molecule has 76 valence electrons. The van der Waals surface area contributed by atoms with E-state index in [1.54, 1.807) is 19.2 Å². The van der Waals surface area contributed by atoms with Crippen molar-refractivity contribution in [3.05, 3.63) is 23.8 Å². The monoisotopic (exact) mass is 195 g/mol. The van der Waals surface area contributed by atoms with Gasteiger partial charge in [-0.1, -0.05) is 0 Å². The maximum atomic E-state index is 10.0. The Hall–Kier alpha value is -1.26. The van der Waals surface area contributed by atoms with Crippen LogP contribution >= 0.6 is 0 Å². The van der Waals surface area contributed by atoms with Crippen LogP contribution in [0.2, 0.25) is 0 Å². The fourth-order valence-corrected chi connectivity index (χ4v) is 1.57. The number of hydrogen-bond acceptors (Lipinski definition) is 4. The third-order valence-electron chi connectivity index (χ3n) is 2.54. The molecule has 1 aromatic carbocycles. The minimum Gasteiger partial charge on any atom is -0.508 e. The number of β-amino-alcohol motifs (C(OH)–C–C–N with tert-alkyl or cyclic N) is 1. The second kappa shape index (κ2) is 3.15. The van der Waals surface area contributed by atoms with E-state index in [9.17, 15) is 10.2 Å². The standard InChI is InChI=1S/C10H13NO3/c1-14-7-2-3-9(12)8(4-7)10(13)5-11-6-10/h2-4,11-13H,5-6H2,1H3. The highest BCUT2D eigenvalue weighted by atomic mass is 16.5. The zero-order valence-electron chi connectivity index (χ0n) is 7.95. The summed E-state index contributed by atoms with van der Waals surface area (Å²) in [7, 11) is 1.55. The lowest BCUT2D eigenvalue weighted by atomic mass is 9.87. The molecule has 0 spiro atoms. The van der Waals surface area contributed by atoms with E-state index in [2.05, 4.69) is 5.32 Å². The number of aromatic hydroxyl groups is 1. The summed E-state index contributed by atoms with van der Waals surface area (Å²) in [5.41, 5.74) is -0.422. The molecule has 1 aromatic rings. The lowest BCUT2D eigenvalue weighted by Gasteiger charge is -2.38. The van der Waals surface area contributed by atoms with Gasteiger partial charge >= 0.3 is 0 Å². The molecule has 0 atom stereocenters. The first-order valence-corrected chi connectivity index (χ1v) is 4.46. The van der Waals surface area contributed by atoms with Gasteiger partial charge in [-0.3, -0.25) is 0 Å². The van der Waals surface area contributed by atoms with Crippen molar-refractivity contribution < 1.29 is 14.9 Å². The molecule has 0 radical (unpaired) electrons. The smallest absolute Gasteiger partial charge is 0.122 e. The molecule has 0 aromatic heterocycles. The topological polar surface area (TPSA) is 61.7 Å². The SMILES string of the molecule is COc1ccc(O)c(C2(O)CNC2)c1. The normalized spacial score (nSPS) is 18.7. The number of rotatable bonds is 2. The van der Waals surface area contributed by atoms with Crippen LogP contribution in [0.15, 0.2) is 18.2 Å². The van der Waals surface area contributed by atoms with Crippen LogP contribution in [0.1, 0.15) is 5.56 Å². The first-order chi connectivity index (χ1) is 6.65. The molecular weight excluding hydrogens is 182 g/mol. The summed E-state index contributed by atoms with van der Waals surface area (Å²) in [6.07, 6.45) is 0. The van der Waals surface area contributed by atoms with Crippen LogP contribution in [0.5, 0.6) is 11.5 Å². The van der Waals surface area contributed by atoms with Crippen molar-refractivity contribution in [1.29, 1.82) is 0 Å². The highest BCUT2D eigenvalue weighted by molar-refractivity contribution is 5.44. The van der Waals surface area contributed by atoms with Gasteiger partial charge in [0.2, 0.25) is 0 Å². The van der Waals surface area contributed by atoms with Crippen molar-refractivity contribution in [2.45, 2.75) is 5.60 Å². The Morgan fingerprint density at radius 3 is 2.64 bits per heavy atom. The van der Waals surface area contributed by atoms with Crippen LogP contribution in [-0.4, -0.2) is 30.4 Å². The highest BCUT2D eigenvalue weighted by Gasteiger charge is 2.38. The summed E-state index contributed by atoms with van der Waals surface area (Å²) < 4.78 is 5.03. The average Bonchev–Trinajstić information content (AvgIpc) is 2.15. The van der Waals surface area contributed by atoms with Crippen LogP contribution in [-0.2, 0) is 5.60 Å². The van der Waals surface area contributed by atoms with E-state index in [4.69, 9.17) is 4.74 Å². The fraction of sp³-hybridized carbons (Fsp3) is 0.400. The summed E-state index contributed by atoms with van der Waals surface area (Å²) in [6, 6.07) is 4.86. The molecule has 0 amide bonds. The number of aliphatic hydroxyl groups is 1. The number of phenols is 1. The van der Waals surface area contributed by atoms with Crippen LogP contribution in [0.25, 0.3) is 0 Å². The van der Waals surface area contributed by atoms with Crippen molar-refractivity contribution >= 4 is 0 Å². The maximum absolute atomic E-state index is 10.0. The van der Waals surface area contributed by atoms with E-state index < -0.39 is 5.60 Å². The summed E-state index contributed by atoms with van der Waals surface area (Å²) in [5.74, 6) is 0.743. The number of hydrogen-bond donors (Lipinski definition) is 3. The van der Waals surface area contributed by atoms with Crippen molar-refractivity contribution in [3.8, 4) is 11.5 Å². The van der Waals surface area contributed by atoms with Gasteiger partial charge in [-0.25, -0.2) is 0 Å². The minimum atomic E-state index is -0.946. The zero-order valence-corrected chi connectivity index (χ0v) is 7.95. The molecule has 0 aliphatic carbocycles. The predicted molar refractivity (Wildman–Crippen MR) is 51.4 cm³/mol. The number of phenolic OH excluding ortho intramolecular Hbond substituents is 1. The Balaban J connectivity index is 2.40. The van der Waals surface area contributed by atoms with Gasteiger partial charge < -0.3 is 20.3 Å². The molecule has 4 nitrogen and oxygen atoms in total. The van der Waals surface area contributed by atoms with Gasteiger partial charge in [0.25, 0.3) is 0 Å². The molecule has 1 fully saturated rings. The van der Waals surface area contributed by atoms with E-state index in [1.807, 2.05) is 0 Å². The fourth-order valence-electron chi connectivity index (χ4n) is 1.57. The second-order valence-corrected chi connectivity index (χ2v) is 3.52. The quantitative estimate of drug-likeness (QED) is 0.630. The minimum absolute atomic E-state index is 0.106. The third kappa shape index (κ3) is 1.32. The molecule has 2 rings (SSSR count). The molecule has 1 heterocycles. The molecule has 14 heavy (non-hydrogen) atoms. The van der Waals surface area contributed by atoms with Gasteiger partial charge in [0.1, 0.15) is 17.1 Å². The average molecular weight is 195 g/mol. The Morgan fingerprint density at radius 2 is 2.14 bits per heavy atom. The lowest BCUT2D eigenvalue weighted by Crippen LogP contribution is -2.56. The van der Waals surface area contributed by atoms with Gasteiger partial charge in [-0.2, -0.15) is 0 Å². The number of benzene rings is 1. The van der Waals surface area contributed by atoms with Gasteiger partial charge in [0.05, 0.1) is 7.11 Å². The van der Waals surface area contributed by atoms with Crippen molar-refractivity contribution in [2.75, 3.05) is 20.2 Å². The van der Waals surface area contributed by atoms with Crippen molar-refractivity contribution in [1.82, 2.24) is 5.32 Å². The van der Waals surface area contributed by atoms with Crippen LogP contribution in [0.3, 0.4) is 0 Å². The molecule has 3 N–H and O–H groups in total. The van der Waals surface area contributed by atoms with E-state index >= 15 is 0 Å². The van der Waals surface area contributed by atoms with Crippen LogP contribution < -0.4 is 10.1 Å². The Labute approximate surface area is 82.1 Å². The van der Waals surface area contributed by atoms with Crippen LogP contribution in [0.4, 0.5) is 0 Å². The molecular formula is C10H13NO3.